The van der Waals surface area contributed by atoms with Gasteiger partial charge in [0.1, 0.15) is 5.75 Å². The summed E-state index contributed by atoms with van der Waals surface area (Å²) in [5, 5.41) is 4.22. The van der Waals surface area contributed by atoms with Crippen LogP contribution in [-0.2, 0) is 4.84 Å². The Bertz CT molecular complexity index is 905. The summed E-state index contributed by atoms with van der Waals surface area (Å²) in [5.74, 6) is 0.607. The minimum atomic E-state index is -0.565. The molecule has 0 radical (unpaired) electrons. The highest BCUT2D eigenvalue weighted by Gasteiger charge is 2.06. The molecule has 130 valence electrons. The summed E-state index contributed by atoms with van der Waals surface area (Å²) in [6.07, 6.45) is 2.97. The number of halogens is 1. The third-order valence-electron chi connectivity index (χ3n) is 3.42. The van der Waals surface area contributed by atoms with Gasteiger partial charge in [-0.05, 0) is 49.4 Å². The Morgan fingerprint density at radius 2 is 1.77 bits per heavy atom. The zero-order valence-corrected chi connectivity index (χ0v) is 14.7. The van der Waals surface area contributed by atoms with Crippen molar-refractivity contribution in [3.8, 4) is 11.6 Å². The van der Waals surface area contributed by atoms with E-state index in [1.807, 2.05) is 31.2 Å². The number of nitrogens with zero attached hydrogens (tertiary/aromatic N) is 2. The molecule has 0 aliphatic rings. The molecule has 0 fully saturated rings. The van der Waals surface area contributed by atoms with Crippen LogP contribution in [0.2, 0.25) is 5.02 Å². The average molecular weight is 367 g/mol. The van der Waals surface area contributed by atoms with Crippen molar-refractivity contribution >= 4 is 23.8 Å². The number of benzene rings is 2. The molecular weight excluding hydrogens is 352 g/mol. The van der Waals surface area contributed by atoms with Crippen LogP contribution < -0.4 is 4.74 Å². The van der Waals surface area contributed by atoms with Crippen LogP contribution in [-0.4, -0.2) is 17.2 Å². The van der Waals surface area contributed by atoms with Gasteiger partial charge in [0, 0.05) is 22.8 Å². The lowest BCUT2D eigenvalue weighted by Gasteiger charge is -2.04. The third kappa shape index (κ3) is 4.91. The van der Waals surface area contributed by atoms with Gasteiger partial charge in [-0.1, -0.05) is 34.5 Å². The molecule has 0 saturated carbocycles. The van der Waals surface area contributed by atoms with Gasteiger partial charge in [0.15, 0.2) is 0 Å². The maximum absolute atomic E-state index is 11.8. The Labute approximate surface area is 155 Å². The second kappa shape index (κ2) is 8.27. The number of ether oxygens (including phenoxy) is 1. The molecule has 3 aromatic rings. The molecule has 0 aliphatic carbocycles. The largest absolute Gasteiger partial charge is 0.439 e. The standard InChI is InChI=1S/C20H15ClN2O3/c1-14-2-9-18(10-3-14)25-19-11-4-15(12-22-19)13-23-26-20(24)16-5-7-17(21)8-6-16/h2-13H,1H3. The van der Waals surface area contributed by atoms with E-state index in [0.29, 0.717) is 27.8 Å². The van der Waals surface area contributed by atoms with Crippen LogP contribution in [0.5, 0.6) is 11.6 Å². The third-order valence-corrected chi connectivity index (χ3v) is 3.67. The Kier molecular flexibility index (Phi) is 5.61. The summed E-state index contributed by atoms with van der Waals surface area (Å²) in [4.78, 5) is 20.8. The van der Waals surface area contributed by atoms with E-state index in [1.165, 1.54) is 6.21 Å². The number of pyridine rings is 1. The van der Waals surface area contributed by atoms with Gasteiger partial charge in [-0.25, -0.2) is 9.78 Å². The Balaban J connectivity index is 1.56. The average Bonchev–Trinajstić information content (AvgIpc) is 2.65. The summed E-state index contributed by atoms with van der Waals surface area (Å²) < 4.78 is 5.65. The number of rotatable bonds is 5. The van der Waals surface area contributed by atoms with Crippen molar-refractivity contribution in [1.29, 1.82) is 0 Å². The first-order valence-corrected chi connectivity index (χ1v) is 8.19. The molecule has 0 atom stereocenters. The first kappa shape index (κ1) is 17.6. The van der Waals surface area contributed by atoms with Crippen molar-refractivity contribution in [2.24, 2.45) is 5.16 Å². The molecule has 2 aromatic carbocycles. The normalized spacial score (nSPS) is 10.7. The van der Waals surface area contributed by atoms with Crippen molar-refractivity contribution in [2.75, 3.05) is 0 Å². The summed E-state index contributed by atoms with van der Waals surface area (Å²) >= 11 is 5.77. The Morgan fingerprint density at radius 3 is 2.42 bits per heavy atom. The van der Waals surface area contributed by atoms with Crippen LogP contribution >= 0.6 is 11.6 Å². The number of aromatic nitrogens is 1. The predicted molar refractivity (Wildman–Crippen MR) is 100.0 cm³/mol. The molecule has 0 spiro atoms. The van der Waals surface area contributed by atoms with Gasteiger partial charge in [0.05, 0.1) is 11.8 Å². The minimum Gasteiger partial charge on any atom is -0.439 e. The molecule has 1 heterocycles. The van der Waals surface area contributed by atoms with Gasteiger partial charge in [-0.2, -0.15) is 0 Å². The van der Waals surface area contributed by atoms with Crippen molar-refractivity contribution < 1.29 is 14.4 Å². The summed E-state index contributed by atoms with van der Waals surface area (Å²) in [6, 6.07) is 17.5. The van der Waals surface area contributed by atoms with E-state index >= 15 is 0 Å². The quantitative estimate of drug-likeness (QED) is 0.361. The molecule has 0 bridgehead atoms. The SMILES string of the molecule is Cc1ccc(Oc2ccc(C=NOC(=O)c3ccc(Cl)cc3)cn2)cc1. The van der Waals surface area contributed by atoms with Crippen LogP contribution in [0.25, 0.3) is 0 Å². The van der Waals surface area contributed by atoms with E-state index in [0.717, 1.165) is 5.56 Å². The smallest absolute Gasteiger partial charge is 0.365 e. The van der Waals surface area contributed by atoms with Gasteiger partial charge >= 0.3 is 5.97 Å². The number of hydrogen-bond acceptors (Lipinski definition) is 5. The Hall–Kier alpha value is -3.18. The molecule has 0 unspecified atom stereocenters. The molecule has 26 heavy (non-hydrogen) atoms. The van der Waals surface area contributed by atoms with E-state index < -0.39 is 5.97 Å². The van der Waals surface area contributed by atoms with E-state index in [1.54, 1.807) is 42.6 Å². The van der Waals surface area contributed by atoms with Gasteiger partial charge in [0.2, 0.25) is 5.88 Å². The fourth-order valence-corrected chi connectivity index (χ4v) is 2.16. The van der Waals surface area contributed by atoms with Crippen LogP contribution in [0.1, 0.15) is 21.5 Å². The minimum absolute atomic E-state index is 0.367. The van der Waals surface area contributed by atoms with Crippen LogP contribution in [0.3, 0.4) is 0 Å². The molecule has 5 nitrogen and oxygen atoms in total. The fraction of sp³-hybridized carbons (Fsp3) is 0.0500. The highest BCUT2D eigenvalue weighted by molar-refractivity contribution is 6.30. The zero-order valence-electron chi connectivity index (χ0n) is 13.9. The molecule has 0 amide bonds. The van der Waals surface area contributed by atoms with Gasteiger partial charge < -0.3 is 9.57 Å². The number of carbonyl (C=O) groups is 1. The monoisotopic (exact) mass is 366 g/mol. The molecule has 1 aromatic heterocycles. The lowest BCUT2D eigenvalue weighted by atomic mass is 10.2. The maximum atomic E-state index is 11.8. The lowest BCUT2D eigenvalue weighted by molar-refractivity contribution is 0.0519. The number of hydrogen-bond donors (Lipinski definition) is 0. The molecule has 0 saturated heterocycles. The first-order valence-electron chi connectivity index (χ1n) is 7.81. The van der Waals surface area contributed by atoms with Gasteiger partial charge in [0.25, 0.3) is 0 Å². The van der Waals surface area contributed by atoms with Crippen LogP contribution in [0.15, 0.2) is 72.0 Å². The topological polar surface area (TPSA) is 60.8 Å². The molecule has 3 rings (SSSR count). The molecule has 0 aliphatic heterocycles. The van der Waals surface area contributed by atoms with Crippen molar-refractivity contribution in [2.45, 2.75) is 6.92 Å². The highest BCUT2D eigenvalue weighted by Crippen LogP contribution is 2.19. The maximum Gasteiger partial charge on any atom is 0.365 e. The van der Waals surface area contributed by atoms with Gasteiger partial charge in [-0.15, -0.1) is 0 Å². The second-order valence-electron chi connectivity index (χ2n) is 5.47. The fourth-order valence-electron chi connectivity index (χ4n) is 2.03. The summed E-state index contributed by atoms with van der Waals surface area (Å²) in [7, 11) is 0. The molecule has 6 heteroatoms. The zero-order chi connectivity index (χ0) is 18.4. The molecule has 0 N–H and O–H groups in total. The van der Waals surface area contributed by atoms with E-state index in [4.69, 9.17) is 21.2 Å². The first-order chi connectivity index (χ1) is 12.6. The molecular formula is C20H15ClN2O3. The van der Waals surface area contributed by atoms with E-state index in [-0.39, 0.29) is 0 Å². The lowest BCUT2D eigenvalue weighted by Crippen LogP contribution is -2.00. The number of oxime groups is 1. The highest BCUT2D eigenvalue weighted by atomic mass is 35.5. The van der Waals surface area contributed by atoms with Crippen molar-refractivity contribution in [1.82, 2.24) is 4.98 Å². The predicted octanol–water partition coefficient (Wildman–Crippen LogP) is 5.03. The number of aryl methyl sites for hydroxylation is 1. The Morgan fingerprint density at radius 1 is 1.04 bits per heavy atom. The second-order valence-corrected chi connectivity index (χ2v) is 5.90. The van der Waals surface area contributed by atoms with Crippen LogP contribution in [0, 0.1) is 6.92 Å². The summed E-state index contributed by atoms with van der Waals surface area (Å²) in [6.45, 7) is 2.01. The van der Waals surface area contributed by atoms with Crippen molar-refractivity contribution in [3.63, 3.8) is 0 Å². The van der Waals surface area contributed by atoms with Crippen LogP contribution in [0.4, 0.5) is 0 Å². The van der Waals surface area contributed by atoms with Crippen molar-refractivity contribution in [3.05, 3.63) is 88.6 Å². The number of carbonyl (C=O) groups excluding carboxylic acids is 1. The van der Waals surface area contributed by atoms with E-state index in [2.05, 4.69) is 10.1 Å². The van der Waals surface area contributed by atoms with Gasteiger partial charge in [-0.3, -0.25) is 0 Å². The summed E-state index contributed by atoms with van der Waals surface area (Å²) in [5.41, 5.74) is 2.20. The van der Waals surface area contributed by atoms with E-state index in [9.17, 15) is 4.79 Å².